The predicted octanol–water partition coefficient (Wildman–Crippen LogP) is 3.85. The number of halogens is 1. The lowest BCUT2D eigenvalue weighted by Crippen LogP contribution is -2.12. The van der Waals surface area contributed by atoms with Crippen molar-refractivity contribution < 1.29 is 4.79 Å². The van der Waals surface area contributed by atoms with Crippen molar-refractivity contribution in [3.8, 4) is 0 Å². The first-order chi connectivity index (χ1) is 8.88. The normalized spacial score (nSPS) is 11.4. The molecule has 0 atom stereocenters. The van der Waals surface area contributed by atoms with E-state index in [1.165, 1.54) is 11.3 Å². The molecule has 0 fully saturated rings. The molecule has 2 rings (SSSR count). The molecule has 0 aliphatic rings. The first-order valence-electron chi connectivity index (χ1n) is 5.78. The highest BCUT2D eigenvalue weighted by atomic mass is 79.9. The number of amides is 1. The van der Waals surface area contributed by atoms with Crippen LogP contribution < -0.4 is 5.32 Å². The summed E-state index contributed by atoms with van der Waals surface area (Å²) in [4.78, 5) is 12.1. The summed E-state index contributed by atoms with van der Waals surface area (Å²) >= 11 is 4.75. The van der Waals surface area contributed by atoms with E-state index in [0.717, 1.165) is 9.48 Å². The summed E-state index contributed by atoms with van der Waals surface area (Å²) < 4.78 is 0.757. The van der Waals surface area contributed by atoms with Crippen molar-refractivity contribution >= 4 is 38.3 Å². The first-order valence-corrected chi connectivity index (χ1v) is 7.39. The zero-order valence-corrected chi connectivity index (χ0v) is 13.3. The molecule has 0 aliphatic heterocycles. The summed E-state index contributed by atoms with van der Waals surface area (Å²) in [6, 6.07) is 7.27. The predicted molar refractivity (Wildman–Crippen MR) is 80.7 cm³/mol. The maximum absolute atomic E-state index is 12.1. The summed E-state index contributed by atoms with van der Waals surface area (Å²) in [7, 11) is 0. The summed E-state index contributed by atoms with van der Waals surface area (Å²) in [6.07, 6.45) is 0. The van der Waals surface area contributed by atoms with Crippen molar-refractivity contribution in [3.63, 3.8) is 0 Å². The van der Waals surface area contributed by atoms with Crippen LogP contribution in [0.2, 0.25) is 0 Å². The summed E-state index contributed by atoms with van der Waals surface area (Å²) in [5, 5.41) is 12.3. The van der Waals surface area contributed by atoms with Crippen molar-refractivity contribution in [3.05, 3.63) is 39.3 Å². The maximum Gasteiger partial charge on any atom is 0.258 e. The molecule has 1 aromatic carbocycles. The highest BCUT2D eigenvalue weighted by Crippen LogP contribution is 2.28. The molecule has 0 saturated carbocycles. The highest BCUT2D eigenvalue weighted by molar-refractivity contribution is 9.10. The number of carbonyl (C=O) groups excluding carboxylic acids is 1. The van der Waals surface area contributed by atoms with Gasteiger partial charge in [0.25, 0.3) is 5.91 Å². The second kappa shape index (κ2) is 5.38. The molecular formula is C13H14BrN3OS. The molecule has 1 N–H and O–H groups in total. The smallest absolute Gasteiger partial charge is 0.258 e. The zero-order chi connectivity index (χ0) is 14.0. The van der Waals surface area contributed by atoms with Gasteiger partial charge in [-0.25, -0.2) is 0 Å². The number of nitrogens with one attached hydrogen (secondary N) is 1. The Kier molecular flexibility index (Phi) is 4.01. The topological polar surface area (TPSA) is 54.9 Å². The Morgan fingerprint density at radius 3 is 2.53 bits per heavy atom. The van der Waals surface area contributed by atoms with Gasteiger partial charge in [-0.1, -0.05) is 44.2 Å². The van der Waals surface area contributed by atoms with Crippen LogP contribution in [0.4, 0.5) is 5.13 Å². The number of aromatic nitrogens is 2. The average Bonchev–Trinajstić information content (AvgIpc) is 2.77. The van der Waals surface area contributed by atoms with Crippen LogP contribution in [0.1, 0.15) is 36.1 Å². The van der Waals surface area contributed by atoms with E-state index in [2.05, 4.69) is 52.2 Å². The lowest BCUT2D eigenvalue weighted by atomic mass is 9.98. The minimum absolute atomic E-state index is 0.0615. The maximum atomic E-state index is 12.1. The van der Waals surface area contributed by atoms with Crippen LogP contribution in [0, 0.1) is 0 Å². The Labute approximate surface area is 124 Å². The van der Waals surface area contributed by atoms with Gasteiger partial charge in [0.15, 0.2) is 0 Å². The number of benzene rings is 1. The second-order valence-electron chi connectivity index (χ2n) is 5.10. The largest absolute Gasteiger partial charge is 0.296 e. The third-order valence-electron chi connectivity index (χ3n) is 2.41. The molecule has 6 heteroatoms. The number of anilines is 1. The van der Waals surface area contributed by atoms with Crippen LogP contribution in [0.15, 0.2) is 28.7 Å². The van der Waals surface area contributed by atoms with Gasteiger partial charge < -0.3 is 0 Å². The van der Waals surface area contributed by atoms with E-state index in [4.69, 9.17) is 0 Å². The van der Waals surface area contributed by atoms with Crippen molar-refractivity contribution in [1.82, 2.24) is 10.2 Å². The van der Waals surface area contributed by atoms with E-state index in [0.29, 0.717) is 10.7 Å². The summed E-state index contributed by atoms with van der Waals surface area (Å²) in [5.41, 5.74) is 0.517. The lowest BCUT2D eigenvalue weighted by Gasteiger charge is -2.12. The third-order valence-corrected chi connectivity index (χ3v) is 4.36. The van der Waals surface area contributed by atoms with Gasteiger partial charge in [0, 0.05) is 9.89 Å². The minimum Gasteiger partial charge on any atom is -0.296 e. The van der Waals surface area contributed by atoms with Gasteiger partial charge in [-0.2, -0.15) is 0 Å². The van der Waals surface area contributed by atoms with Gasteiger partial charge in [-0.3, -0.25) is 10.1 Å². The molecule has 0 spiro atoms. The highest BCUT2D eigenvalue weighted by Gasteiger charge is 2.20. The fourth-order valence-corrected chi connectivity index (χ4v) is 2.65. The van der Waals surface area contributed by atoms with Crippen molar-refractivity contribution in [1.29, 1.82) is 0 Å². The van der Waals surface area contributed by atoms with E-state index in [1.807, 2.05) is 18.2 Å². The molecule has 0 saturated heterocycles. The van der Waals surface area contributed by atoms with E-state index < -0.39 is 0 Å². The number of rotatable bonds is 2. The van der Waals surface area contributed by atoms with Crippen molar-refractivity contribution in [2.45, 2.75) is 26.2 Å². The second-order valence-corrected chi connectivity index (χ2v) is 6.93. The van der Waals surface area contributed by atoms with Crippen LogP contribution in [0.25, 0.3) is 0 Å². The third kappa shape index (κ3) is 3.39. The fraction of sp³-hybridized carbons (Fsp3) is 0.308. The van der Waals surface area contributed by atoms with E-state index >= 15 is 0 Å². The molecule has 1 aromatic heterocycles. The molecule has 1 amide bonds. The number of hydrogen-bond donors (Lipinski definition) is 1. The van der Waals surface area contributed by atoms with Crippen LogP contribution in [-0.4, -0.2) is 16.1 Å². The van der Waals surface area contributed by atoms with Crippen LogP contribution in [-0.2, 0) is 5.41 Å². The molecule has 0 aliphatic carbocycles. The Bertz CT molecular complexity index is 604. The Morgan fingerprint density at radius 2 is 1.95 bits per heavy atom. The van der Waals surface area contributed by atoms with Gasteiger partial charge in [-0.15, -0.1) is 10.2 Å². The Hall–Kier alpha value is -1.27. The van der Waals surface area contributed by atoms with Gasteiger partial charge in [0.05, 0.1) is 5.56 Å². The molecule has 100 valence electrons. The first kappa shape index (κ1) is 14.1. The molecule has 0 unspecified atom stereocenters. The Morgan fingerprint density at radius 1 is 1.26 bits per heavy atom. The van der Waals surface area contributed by atoms with E-state index in [1.54, 1.807) is 6.07 Å². The van der Waals surface area contributed by atoms with Gasteiger partial charge in [-0.05, 0) is 28.1 Å². The molecule has 2 aromatic rings. The molecule has 0 bridgehead atoms. The average molecular weight is 340 g/mol. The lowest BCUT2D eigenvalue weighted by molar-refractivity contribution is 0.102. The zero-order valence-electron chi connectivity index (χ0n) is 10.9. The van der Waals surface area contributed by atoms with Crippen molar-refractivity contribution in [2.75, 3.05) is 5.32 Å². The van der Waals surface area contributed by atoms with E-state index in [9.17, 15) is 4.79 Å². The number of hydrogen-bond acceptors (Lipinski definition) is 4. The van der Waals surface area contributed by atoms with Crippen molar-refractivity contribution in [2.24, 2.45) is 0 Å². The van der Waals surface area contributed by atoms with Crippen LogP contribution >= 0.6 is 27.3 Å². The number of carbonyl (C=O) groups is 1. The van der Waals surface area contributed by atoms with Gasteiger partial charge in [0.2, 0.25) is 5.13 Å². The fourth-order valence-electron chi connectivity index (χ4n) is 1.39. The summed E-state index contributed by atoms with van der Waals surface area (Å²) in [5.74, 6) is -0.191. The minimum atomic E-state index is -0.191. The molecular weight excluding hydrogens is 326 g/mol. The van der Waals surface area contributed by atoms with E-state index in [-0.39, 0.29) is 11.3 Å². The van der Waals surface area contributed by atoms with Crippen LogP contribution in [0.3, 0.4) is 0 Å². The summed E-state index contributed by atoms with van der Waals surface area (Å²) in [6.45, 7) is 6.19. The SMILES string of the molecule is CC(C)(C)c1nnc(NC(=O)c2ccccc2Br)s1. The molecule has 19 heavy (non-hydrogen) atoms. The van der Waals surface area contributed by atoms with Gasteiger partial charge >= 0.3 is 0 Å². The monoisotopic (exact) mass is 339 g/mol. The van der Waals surface area contributed by atoms with Gasteiger partial charge in [0.1, 0.15) is 5.01 Å². The molecule has 0 radical (unpaired) electrons. The molecule has 4 nitrogen and oxygen atoms in total. The van der Waals surface area contributed by atoms with Crippen LogP contribution in [0.5, 0.6) is 0 Å². The Balaban J connectivity index is 2.16. The standard InChI is InChI=1S/C13H14BrN3OS/c1-13(2,3)11-16-17-12(19-11)15-10(18)8-6-4-5-7-9(8)14/h4-7H,1-3H3,(H,15,17,18). The quantitative estimate of drug-likeness (QED) is 0.903. The molecule has 1 heterocycles. The number of nitrogens with zero attached hydrogens (tertiary/aromatic N) is 2.